The SMILES string of the molecule is CCN(CC(=O)Nc1cc([N+](=O)[O-])ccc1C)S(=O)(=O)c1ccc(Br)cc1. The van der Waals surface area contributed by atoms with Gasteiger partial charge in [-0.3, -0.25) is 14.9 Å². The third-order valence-corrected chi connectivity index (χ3v) is 6.29. The summed E-state index contributed by atoms with van der Waals surface area (Å²) >= 11 is 3.25. The number of benzene rings is 2. The van der Waals surface area contributed by atoms with Gasteiger partial charge >= 0.3 is 0 Å². The van der Waals surface area contributed by atoms with E-state index in [1.54, 1.807) is 26.0 Å². The number of amides is 1. The van der Waals surface area contributed by atoms with Gasteiger partial charge in [-0.05, 0) is 36.8 Å². The van der Waals surface area contributed by atoms with Crippen molar-refractivity contribution >= 4 is 43.2 Å². The van der Waals surface area contributed by atoms with Gasteiger partial charge in [-0.25, -0.2) is 8.42 Å². The fraction of sp³-hybridized carbons (Fsp3) is 0.235. The molecule has 0 unspecified atom stereocenters. The smallest absolute Gasteiger partial charge is 0.271 e. The van der Waals surface area contributed by atoms with Gasteiger partial charge in [0, 0.05) is 23.2 Å². The highest BCUT2D eigenvalue weighted by atomic mass is 79.9. The fourth-order valence-corrected chi connectivity index (χ4v) is 4.00. The van der Waals surface area contributed by atoms with Gasteiger partial charge in [0.05, 0.1) is 22.1 Å². The summed E-state index contributed by atoms with van der Waals surface area (Å²) in [7, 11) is -3.84. The van der Waals surface area contributed by atoms with E-state index in [0.717, 1.165) is 8.78 Å². The molecular weight excluding hydrogens is 438 g/mol. The summed E-state index contributed by atoms with van der Waals surface area (Å²) < 4.78 is 27.2. The lowest BCUT2D eigenvalue weighted by Gasteiger charge is -2.20. The highest BCUT2D eigenvalue weighted by Crippen LogP contribution is 2.22. The monoisotopic (exact) mass is 455 g/mol. The van der Waals surface area contributed by atoms with E-state index in [0.29, 0.717) is 5.56 Å². The summed E-state index contributed by atoms with van der Waals surface area (Å²) in [5, 5.41) is 13.4. The third kappa shape index (κ3) is 5.12. The summed E-state index contributed by atoms with van der Waals surface area (Å²) in [6, 6.07) is 10.2. The Kier molecular flexibility index (Phi) is 6.68. The Bertz CT molecular complexity index is 961. The first-order valence-electron chi connectivity index (χ1n) is 7.95. The van der Waals surface area contributed by atoms with Crippen molar-refractivity contribution in [3.8, 4) is 0 Å². The van der Waals surface area contributed by atoms with Gasteiger partial charge in [0.2, 0.25) is 15.9 Å². The third-order valence-electron chi connectivity index (χ3n) is 3.83. The van der Waals surface area contributed by atoms with Gasteiger partial charge < -0.3 is 5.32 Å². The van der Waals surface area contributed by atoms with Gasteiger partial charge in [-0.2, -0.15) is 4.31 Å². The molecule has 10 heteroatoms. The number of likely N-dealkylation sites (N-methyl/N-ethyl adjacent to an activating group) is 1. The normalized spacial score (nSPS) is 11.4. The van der Waals surface area contributed by atoms with Crippen molar-refractivity contribution in [2.45, 2.75) is 18.7 Å². The molecule has 0 aliphatic carbocycles. The number of carbonyl (C=O) groups excluding carboxylic acids is 1. The lowest BCUT2D eigenvalue weighted by molar-refractivity contribution is -0.384. The van der Waals surface area contributed by atoms with Crippen molar-refractivity contribution in [2.24, 2.45) is 0 Å². The molecule has 0 saturated heterocycles. The minimum atomic E-state index is -3.84. The quantitative estimate of drug-likeness (QED) is 0.508. The lowest BCUT2D eigenvalue weighted by atomic mass is 10.2. The zero-order valence-electron chi connectivity index (χ0n) is 14.7. The van der Waals surface area contributed by atoms with Crippen molar-refractivity contribution < 1.29 is 18.1 Å². The zero-order valence-corrected chi connectivity index (χ0v) is 17.1. The highest BCUT2D eigenvalue weighted by molar-refractivity contribution is 9.10. The molecule has 27 heavy (non-hydrogen) atoms. The zero-order chi connectivity index (χ0) is 20.2. The predicted molar refractivity (Wildman–Crippen MR) is 105 cm³/mol. The van der Waals surface area contributed by atoms with Crippen LogP contribution in [0.2, 0.25) is 0 Å². The van der Waals surface area contributed by atoms with Gasteiger partial charge in [0.1, 0.15) is 0 Å². The number of halogens is 1. The van der Waals surface area contributed by atoms with Crippen LogP contribution in [-0.4, -0.2) is 36.6 Å². The molecule has 0 aliphatic heterocycles. The molecular formula is C17H18BrN3O5S. The van der Waals surface area contributed by atoms with Crippen LogP contribution < -0.4 is 5.32 Å². The highest BCUT2D eigenvalue weighted by Gasteiger charge is 2.25. The molecule has 1 N–H and O–H groups in total. The van der Waals surface area contributed by atoms with E-state index in [-0.39, 0.29) is 22.8 Å². The van der Waals surface area contributed by atoms with Crippen LogP contribution in [-0.2, 0) is 14.8 Å². The summed E-state index contributed by atoms with van der Waals surface area (Å²) in [6.07, 6.45) is 0. The Morgan fingerprint density at radius 1 is 1.22 bits per heavy atom. The Labute approximate surface area is 165 Å². The van der Waals surface area contributed by atoms with E-state index in [2.05, 4.69) is 21.2 Å². The van der Waals surface area contributed by atoms with E-state index in [1.165, 1.54) is 30.3 Å². The summed E-state index contributed by atoms with van der Waals surface area (Å²) in [6.45, 7) is 3.01. The van der Waals surface area contributed by atoms with Crippen LogP contribution in [0.25, 0.3) is 0 Å². The van der Waals surface area contributed by atoms with E-state index < -0.39 is 27.4 Å². The largest absolute Gasteiger partial charge is 0.324 e. The van der Waals surface area contributed by atoms with Crippen molar-refractivity contribution in [3.05, 3.63) is 62.6 Å². The number of aryl methyl sites for hydroxylation is 1. The van der Waals surface area contributed by atoms with Crippen LogP contribution in [0.3, 0.4) is 0 Å². The van der Waals surface area contributed by atoms with E-state index in [4.69, 9.17) is 0 Å². The molecule has 0 atom stereocenters. The standard InChI is InChI=1S/C17H18BrN3O5S/c1-3-20(27(25,26)15-8-5-13(18)6-9-15)11-17(22)19-16-10-14(21(23)24)7-4-12(16)2/h4-10H,3,11H2,1-2H3,(H,19,22). The maximum atomic E-state index is 12.7. The minimum Gasteiger partial charge on any atom is -0.324 e. The average molecular weight is 456 g/mol. The maximum Gasteiger partial charge on any atom is 0.271 e. The van der Waals surface area contributed by atoms with Crippen LogP contribution in [0.4, 0.5) is 11.4 Å². The number of nitrogens with zero attached hydrogens (tertiary/aromatic N) is 2. The Balaban J connectivity index is 2.19. The number of rotatable bonds is 7. The molecule has 2 aromatic carbocycles. The molecule has 0 aliphatic rings. The number of nitrogens with one attached hydrogen (secondary N) is 1. The van der Waals surface area contributed by atoms with Gasteiger partial charge in [0.15, 0.2) is 0 Å². The lowest BCUT2D eigenvalue weighted by Crippen LogP contribution is -2.37. The number of nitro groups is 1. The molecule has 1 amide bonds. The van der Waals surface area contributed by atoms with Crippen LogP contribution >= 0.6 is 15.9 Å². The van der Waals surface area contributed by atoms with E-state index in [1.807, 2.05) is 0 Å². The van der Waals surface area contributed by atoms with E-state index >= 15 is 0 Å². The van der Waals surface area contributed by atoms with Crippen molar-refractivity contribution in [1.29, 1.82) is 0 Å². The summed E-state index contributed by atoms with van der Waals surface area (Å²) in [5.74, 6) is -0.582. The Morgan fingerprint density at radius 3 is 2.41 bits per heavy atom. The number of non-ortho nitro benzene ring substituents is 1. The molecule has 0 saturated carbocycles. The second-order valence-electron chi connectivity index (χ2n) is 5.69. The molecule has 0 heterocycles. The van der Waals surface area contributed by atoms with Crippen molar-refractivity contribution in [1.82, 2.24) is 4.31 Å². The molecule has 2 rings (SSSR count). The molecule has 2 aromatic rings. The number of sulfonamides is 1. The van der Waals surface area contributed by atoms with Gasteiger partial charge in [-0.15, -0.1) is 0 Å². The van der Waals surface area contributed by atoms with E-state index in [9.17, 15) is 23.3 Å². The average Bonchev–Trinajstić information content (AvgIpc) is 2.61. The first-order valence-corrected chi connectivity index (χ1v) is 10.2. The van der Waals surface area contributed by atoms with Crippen molar-refractivity contribution in [3.63, 3.8) is 0 Å². The maximum absolute atomic E-state index is 12.7. The number of hydrogen-bond donors (Lipinski definition) is 1. The number of hydrogen-bond acceptors (Lipinski definition) is 5. The molecule has 0 fully saturated rings. The minimum absolute atomic E-state index is 0.0758. The number of anilines is 1. The molecule has 0 radical (unpaired) electrons. The second kappa shape index (κ2) is 8.59. The predicted octanol–water partition coefficient (Wildman–Crippen LogP) is 3.32. The Morgan fingerprint density at radius 2 is 1.85 bits per heavy atom. The van der Waals surface area contributed by atoms with Crippen LogP contribution in [0.1, 0.15) is 12.5 Å². The van der Waals surface area contributed by atoms with Gasteiger partial charge in [0.25, 0.3) is 5.69 Å². The van der Waals surface area contributed by atoms with Crippen molar-refractivity contribution in [2.75, 3.05) is 18.4 Å². The van der Waals surface area contributed by atoms with Crippen LogP contribution in [0, 0.1) is 17.0 Å². The number of carbonyl (C=O) groups is 1. The molecule has 0 aromatic heterocycles. The molecule has 8 nitrogen and oxygen atoms in total. The molecule has 0 bridgehead atoms. The first kappa shape index (κ1) is 21.0. The summed E-state index contributed by atoms with van der Waals surface area (Å²) in [4.78, 5) is 22.8. The van der Waals surface area contributed by atoms with Crippen LogP contribution in [0.15, 0.2) is 51.8 Å². The van der Waals surface area contributed by atoms with Crippen LogP contribution in [0.5, 0.6) is 0 Å². The molecule has 144 valence electrons. The second-order valence-corrected chi connectivity index (χ2v) is 8.54. The fourth-order valence-electron chi connectivity index (χ4n) is 2.33. The van der Waals surface area contributed by atoms with Gasteiger partial charge in [-0.1, -0.05) is 28.9 Å². The first-order chi connectivity index (χ1) is 12.6. The molecule has 0 spiro atoms. The Hall–Kier alpha value is -2.30. The topological polar surface area (TPSA) is 110 Å². The number of nitro benzene ring substituents is 1. The summed E-state index contributed by atoms with van der Waals surface area (Å²) in [5.41, 5.74) is 0.741.